The van der Waals surface area contributed by atoms with E-state index in [2.05, 4.69) is 34.2 Å². The number of hydrogen-bond acceptors (Lipinski definition) is 11. The van der Waals surface area contributed by atoms with Crippen molar-refractivity contribution in [3.63, 3.8) is 0 Å². The Morgan fingerprint density at radius 1 is 1.15 bits per heavy atom. The standard InChI is InChI=1S/C28H30N6O5S/c1-16(2)26-30-31-27(40-26)17-8-10-20(11-9-17)37-21-13-18(6-7-19(21)14-34-12-4-5-23(34)35)24-29-25(39-32-24)22-15-33(3)28(36)38-22/h6-11,13,16,22,28,36H,4-5,12,14-15H2,1-3H3. The molecule has 4 heterocycles. The number of aliphatic hydroxyl groups is 1. The Balaban J connectivity index is 1.26. The fourth-order valence-electron chi connectivity index (χ4n) is 4.64. The minimum atomic E-state index is -1.01. The quantitative estimate of drug-likeness (QED) is 0.326. The number of aromatic nitrogens is 4. The van der Waals surface area contributed by atoms with Crippen LogP contribution in [0.4, 0.5) is 0 Å². The van der Waals surface area contributed by atoms with Crippen LogP contribution >= 0.6 is 11.3 Å². The van der Waals surface area contributed by atoms with Crippen LogP contribution in [-0.2, 0) is 16.1 Å². The van der Waals surface area contributed by atoms with Gasteiger partial charge in [0.25, 0.3) is 5.89 Å². The first kappa shape index (κ1) is 26.5. The minimum absolute atomic E-state index is 0.142. The maximum atomic E-state index is 12.3. The smallest absolute Gasteiger partial charge is 0.257 e. The van der Waals surface area contributed by atoms with E-state index in [1.165, 1.54) is 0 Å². The third kappa shape index (κ3) is 5.48. The molecule has 0 spiro atoms. The van der Waals surface area contributed by atoms with Crippen molar-refractivity contribution in [3.8, 4) is 33.5 Å². The number of aliphatic hydroxyl groups excluding tert-OH is 1. The molecule has 208 valence electrons. The molecule has 2 atom stereocenters. The molecule has 2 saturated heterocycles. The maximum absolute atomic E-state index is 12.3. The van der Waals surface area contributed by atoms with Gasteiger partial charge in [-0.2, -0.15) is 4.98 Å². The van der Waals surface area contributed by atoms with Crippen molar-refractivity contribution in [1.29, 1.82) is 0 Å². The van der Waals surface area contributed by atoms with E-state index in [4.69, 9.17) is 14.0 Å². The molecule has 2 aromatic carbocycles. The number of nitrogens with zero attached hydrogens (tertiary/aromatic N) is 6. The Morgan fingerprint density at radius 2 is 1.95 bits per heavy atom. The predicted octanol–water partition coefficient (Wildman–Crippen LogP) is 4.57. The van der Waals surface area contributed by atoms with E-state index in [0.29, 0.717) is 54.2 Å². The highest BCUT2D eigenvalue weighted by atomic mass is 32.1. The van der Waals surface area contributed by atoms with Gasteiger partial charge < -0.3 is 24.0 Å². The largest absolute Gasteiger partial charge is 0.457 e. The highest BCUT2D eigenvalue weighted by Crippen LogP contribution is 2.35. The summed E-state index contributed by atoms with van der Waals surface area (Å²) in [6.45, 7) is 5.82. The van der Waals surface area contributed by atoms with E-state index in [0.717, 1.165) is 34.1 Å². The van der Waals surface area contributed by atoms with E-state index in [1.807, 2.05) is 47.4 Å². The average molecular weight is 563 g/mol. The molecule has 40 heavy (non-hydrogen) atoms. The van der Waals surface area contributed by atoms with Gasteiger partial charge in [0.15, 0.2) is 6.10 Å². The molecule has 2 aliphatic rings. The molecule has 1 N–H and O–H groups in total. The van der Waals surface area contributed by atoms with Gasteiger partial charge in [-0.25, -0.2) is 0 Å². The van der Waals surface area contributed by atoms with Gasteiger partial charge in [-0.1, -0.05) is 42.5 Å². The molecular weight excluding hydrogens is 532 g/mol. The number of likely N-dealkylation sites (tertiary alicyclic amines) is 1. The molecular formula is C28H30N6O5S. The molecule has 0 radical (unpaired) electrons. The summed E-state index contributed by atoms with van der Waals surface area (Å²) in [6, 6.07) is 13.4. The van der Waals surface area contributed by atoms with Crippen LogP contribution in [-0.4, -0.2) is 67.7 Å². The number of benzene rings is 2. The summed E-state index contributed by atoms with van der Waals surface area (Å²) >= 11 is 1.59. The molecule has 1 amide bonds. The number of likely N-dealkylation sites (N-methyl/N-ethyl adjacent to an activating group) is 1. The van der Waals surface area contributed by atoms with Crippen molar-refractivity contribution in [2.45, 2.75) is 51.7 Å². The zero-order valence-corrected chi connectivity index (χ0v) is 23.3. The minimum Gasteiger partial charge on any atom is -0.457 e. The first-order chi connectivity index (χ1) is 19.3. The number of ether oxygens (including phenoxy) is 2. The summed E-state index contributed by atoms with van der Waals surface area (Å²) in [7, 11) is 1.75. The number of carbonyl (C=O) groups is 1. The summed E-state index contributed by atoms with van der Waals surface area (Å²) < 4.78 is 17.3. The average Bonchev–Trinajstić information content (AvgIpc) is 3.75. The van der Waals surface area contributed by atoms with E-state index in [9.17, 15) is 9.90 Å². The second kappa shape index (κ2) is 11.0. The van der Waals surface area contributed by atoms with Crippen LogP contribution in [0.3, 0.4) is 0 Å². The lowest BCUT2D eigenvalue weighted by atomic mass is 10.1. The molecule has 0 aliphatic carbocycles. The van der Waals surface area contributed by atoms with Crippen LogP contribution in [0.25, 0.3) is 22.0 Å². The van der Waals surface area contributed by atoms with E-state index in [1.54, 1.807) is 23.3 Å². The SMILES string of the molecule is CC(C)c1nnc(-c2ccc(Oc3cc(-c4noc(C5CN(C)C(O)O5)n4)ccc3CN3CCCC3=O)cc2)s1. The molecule has 2 aliphatic heterocycles. The van der Waals surface area contributed by atoms with Gasteiger partial charge in [-0.05, 0) is 43.8 Å². The van der Waals surface area contributed by atoms with Crippen molar-refractivity contribution in [2.75, 3.05) is 20.1 Å². The van der Waals surface area contributed by atoms with Gasteiger partial charge in [0.05, 0.1) is 0 Å². The molecule has 4 aromatic rings. The summed E-state index contributed by atoms with van der Waals surface area (Å²) in [5.74, 6) is 2.39. The molecule has 2 fully saturated rings. The number of rotatable bonds is 8. The van der Waals surface area contributed by atoms with Crippen molar-refractivity contribution in [2.24, 2.45) is 0 Å². The first-order valence-corrected chi connectivity index (χ1v) is 14.1. The van der Waals surface area contributed by atoms with Gasteiger partial charge >= 0.3 is 0 Å². The Kier molecular flexibility index (Phi) is 7.32. The second-order valence-electron chi connectivity index (χ2n) is 10.3. The molecule has 2 unspecified atom stereocenters. The van der Waals surface area contributed by atoms with E-state index < -0.39 is 12.5 Å². The van der Waals surface area contributed by atoms with E-state index in [-0.39, 0.29) is 5.91 Å². The third-order valence-electron chi connectivity index (χ3n) is 6.96. The predicted molar refractivity (Wildman–Crippen MR) is 146 cm³/mol. The molecule has 0 bridgehead atoms. The Bertz CT molecular complexity index is 1490. The van der Waals surface area contributed by atoms with Crippen molar-refractivity contribution in [3.05, 3.63) is 58.9 Å². The van der Waals surface area contributed by atoms with Gasteiger partial charge in [-0.15, -0.1) is 10.2 Å². The molecule has 11 nitrogen and oxygen atoms in total. The zero-order chi connectivity index (χ0) is 27.8. The zero-order valence-electron chi connectivity index (χ0n) is 22.5. The van der Waals surface area contributed by atoms with Crippen LogP contribution in [0.2, 0.25) is 0 Å². The van der Waals surface area contributed by atoms with Crippen LogP contribution in [0.15, 0.2) is 47.0 Å². The Morgan fingerprint density at radius 3 is 2.62 bits per heavy atom. The molecule has 2 aromatic heterocycles. The maximum Gasteiger partial charge on any atom is 0.257 e. The summed E-state index contributed by atoms with van der Waals surface area (Å²) in [4.78, 5) is 20.3. The normalized spacial score (nSPS) is 19.7. The first-order valence-electron chi connectivity index (χ1n) is 13.2. The highest BCUT2D eigenvalue weighted by Gasteiger charge is 2.34. The van der Waals surface area contributed by atoms with Gasteiger partial charge in [0.2, 0.25) is 18.1 Å². The fraction of sp³-hybridized carbons (Fsp3) is 0.393. The Hall–Kier alpha value is -3.71. The highest BCUT2D eigenvalue weighted by molar-refractivity contribution is 7.14. The molecule has 6 rings (SSSR count). The van der Waals surface area contributed by atoms with Crippen molar-refractivity contribution < 1.29 is 23.9 Å². The number of carbonyl (C=O) groups excluding carboxylic acids is 1. The van der Waals surface area contributed by atoms with Gasteiger partial charge in [-0.3, -0.25) is 9.69 Å². The lowest BCUT2D eigenvalue weighted by molar-refractivity contribution is -0.147. The monoisotopic (exact) mass is 562 g/mol. The molecule has 12 heteroatoms. The van der Waals surface area contributed by atoms with E-state index >= 15 is 0 Å². The summed E-state index contributed by atoms with van der Waals surface area (Å²) in [5.41, 5.74) is 2.54. The van der Waals surface area contributed by atoms with Gasteiger partial charge in [0, 0.05) is 48.7 Å². The van der Waals surface area contributed by atoms with Gasteiger partial charge in [0.1, 0.15) is 21.5 Å². The summed E-state index contributed by atoms with van der Waals surface area (Å²) in [5, 5.41) is 24.5. The van der Waals surface area contributed by atoms with Crippen molar-refractivity contribution >= 4 is 17.2 Å². The second-order valence-corrected chi connectivity index (χ2v) is 11.3. The number of hydrogen-bond donors (Lipinski definition) is 1. The van der Waals surface area contributed by atoms with Crippen LogP contribution < -0.4 is 4.74 Å². The van der Waals surface area contributed by atoms with Crippen molar-refractivity contribution in [1.82, 2.24) is 30.1 Å². The Labute approximate surface area is 235 Å². The third-order valence-corrected chi connectivity index (χ3v) is 8.23. The lowest BCUT2D eigenvalue weighted by Crippen LogP contribution is -2.24. The van der Waals surface area contributed by atoms with Crippen LogP contribution in [0.5, 0.6) is 11.5 Å². The number of amides is 1. The summed E-state index contributed by atoms with van der Waals surface area (Å²) in [6.07, 6.45) is -0.0974. The van der Waals surface area contributed by atoms with Crippen LogP contribution in [0.1, 0.15) is 55.2 Å². The lowest BCUT2D eigenvalue weighted by Gasteiger charge is -2.19. The fourth-order valence-corrected chi connectivity index (χ4v) is 5.49. The molecule has 0 saturated carbocycles. The van der Waals surface area contributed by atoms with Crippen LogP contribution in [0, 0.1) is 0 Å². The topological polar surface area (TPSA) is 127 Å².